The second kappa shape index (κ2) is 6.20. The number of hydrogen-bond acceptors (Lipinski definition) is 2. The number of hydrogen-bond donors (Lipinski definition) is 1. The summed E-state index contributed by atoms with van der Waals surface area (Å²) < 4.78 is 7.07. The fourth-order valence-electron chi connectivity index (χ4n) is 1.73. The van der Waals surface area contributed by atoms with Crippen LogP contribution in [0.4, 0.5) is 0 Å². The van der Waals surface area contributed by atoms with Gasteiger partial charge in [0.05, 0.1) is 0 Å². The van der Waals surface area contributed by atoms with E-state index in [9.17, 15) is 0 Å². The van der Waals surface area contributed by atoms with Gasteiger partial charge < -0.3 is 10.5 Å². The molecule has 2 N–H and O–H groups in total. The molecule has 0 heterocycles. The molecule has 0 unspecified atom stereocenters. The number of ether oxygens (including phenoxy) is 1. The van der Waals surface area contributed by atoms with Gasteiger partial charge >= 0.3 is 0 Å². The highest BCUT2D eigenvalue weighted by Crippen LogP contribution is 2.24. The minimum Gasteiger partial charge on any atom is -0.489 e. The van der Waals surface area contributed by atoms with E-state index in [-0.39, 0.29) is 6.04 Å². The zero-order valence-electron chi connectivity index (χ0n) is 10.3. The van der Waals surface area contributed by atoms with Gasteiger partial charge in [0.2, 0.25) is 0 Å². The summed E-state index contributed by atoms with van der Waals surface area (Å²) in [6, 6.07) is 16.2. The largest absolute Gasteiger partial charge is 0.489 e. The normalized spacial score (nSPS) is 12.2. The number of benzene rings is 2. The lowest BCUT2D eigenvalue weighted by molar-refractivity contribution is 0.301. The van der Waals surface area contributed by atoms with Crippen molar-refractivity contribution in [2.75, 3.05) is 0 Å². The highest BCUT2D eigenvalue weighted by molar-refractivity contribution is 14.1. The Labute approximate surface area is 121 Å². The van der Waals surface area contributed by atoms with E-state index in [0.717, 1.165) is 16.9 Å². The highest BCUT2D eigenvalue weighted by Gasteiger charge is 2.06. The summed E-state index contributed by atoms with van der Waals surface area (Å²) in [5.41, 5.74) is 8.13. The van der Waals surface area contributed by atoms with Gasteiger partial charge in [0.25, 0.3) is 0 Å². The molecule has 0 fully saturated rings. The Hall–Kier alpha value is -1.07. The van der Waals surface area contributed by atoms with Crippen LogP contribution in [0.3, 0.4) is 0 Å². The average Bonchev–Trinajstić information content (AvgIpc) is 2.38. The third-order valence-electron chi connectivity index (χ3n) is 2.72. The maximum absolute atomic E-state index is 5.92. The molecule has 0 saturated carbocycles. The summed E-state index contributed by atoms with van der Waals surface area (Å²) in [6.45, 7) is 2.54. The van der Waals surface area contributed by atoms with Crippen LogP contribution in [0.1, 0.15) is 24.1 Å². The van der Waals surface area contributed by atoms with Crippen molar-refractivity contribution in [3.8, 4) is 5.75 Å². The Bertz CT molecular complexity index is 508. The highest BCUT2D eigenvalue weighted by atomic mass is 127. The van der Waals surface area contributed by atoms with E-state index < -0.39 is 0 Å². The molecule has 0 aromatic heterocycles. The van der Waals surface area contributed by atoms with E-state index in [0.29, 0.717) is 6.61 Å². The summed E-state index contributed by atoms with van der Waals surface area (Å²) in [5.74, 6) is 0.867. The predicted octanol–water partition coefficient (Wildman–Crippen LogP) is 3.89. The molecule has 0 bridgehead atoms. The Morgan fingerprint density at radius 1 is 1.11 bits per heavy atom. The number of rotatable bonds is 4. The molecule has 0 saturated heterocycles. The van der Waals surface area contributed by atoms with Gasteiger partial charge in [-0.1, -0.05) is 30.3 Å². The molecule has 94 valence electrons. The van der Waals surface area contributed by atoms with E-state index in [1.54, 1.807) is 0 Å². The molecule has 0 aliphatic heterocycles. The van der Waals surface area contributed by atoms with Gasteiger partial charge in [-0.3, -0.25) is 0 Å². The van der Waals surface area contributed by atoms with Crippen LogP contribution < -0.4 is 10.5 Å². The molecule has 0 aliphatic rings. The second-order valence-electron chi connectivity index (χ2n) is 4.24. The minimum atomic E-state index is -0.0158. The summed E-state index contributed by atoms with van der Waals surface area (Å²) in [6.07, 6.45) is 0. The van der Waals surface area contributed by atoms with Gasteiger partial charge in [0.15, 0.2) is 0 Å². The number of halogens is 1. The molecule has 0 amide bonds. The van der Waals surface area contributed by atoms with Crippen molar-refractivity contribution in [3.63, 3.8) is 0 Å². The maximum Gasteiger partial charge on any atom is 0.124 e. The number of nitrogens with two attached hydrogens (primary N) is 1. The van der Waals surface area contributed by atoms with Crippen molar-refractivity contribution in [1.29, 1.82) is 0 Å². The van der Waals surface area contributed by atoms with Gasteiger partial charge in [-0.25, -0.2) is 0 Å². The number of para-hydroxylation sites is 1. The van der Waals surface area contributed by atoms with Gasteiger partial charge in [-0.2, -0.15) is 0 Å². The molecule has 2 aromatic rings. The van der Waals surface area contributed by atoms with Gasteiger partial charge in [0.1, 0.15) is 12.4 Å². The van der Waals surface area contributed by atoms with Gasteiger partial charge in [-0.05, 0) is 53.3 Å². The lowest BCUT2D eigenvalue weighted by atomic mass is 10.1. The van der Waals surface area contributed by atoms with Crippen molar-refractivity contribution >= 4 is 22.6 Å². The quantitative estimate of drug-likeness (QED) is 0.847. The van der Waals surface area contributed by atoms with Crippen LogP contribution in [0.15, 0.2) is 48.5 Å². The van der Waals surface area contributed by atoms with E-state index in [1.807, 2.05) is 31.2 Å². The molecule has 1 atom stereocenters. The minimum absolute atomic E-state index is 0.0158. The van der Waals surface area contributed by atoms with Crippen molar-refractivity contribution in [2.24, 2.45) is 5.73 Å². The summed E-state index contributed by atoms with van der Waals surface area (Å²) in [7, 11) is 0. The van der Waals surface area contributed by atoms with Crippen LogP contribution in [0.2, 0.25) is 0 Å². The zero-order valence-corrected chi connectivity index (χ0v) is 12.4. The van der Waals surface area contributed by atoms with Crippen molar-refractivity contribution in [3.05, 3.63) is 63.2 Å². The molecule has 18 heavy (non-hydrogen) atoms. The first-order valence-corrected chi connectivity index (χ1v) is 6.96. The van der Waals surface area contributed by atoms with Crippen LogP contribution in [-0.4, -0.2) is 0 Å². The third kappa shape index (κ3) is 3.46. The smallest absolute Gasteiger partial charge is 0.124 e. The predicted molar refractivity (Wildman–Crippen MR) is 82.5 cm³/mol. The first-order valence-electron chi connectivity index (χ1n) is 5.88. The fraction of sp³-hybridized carbons (Fsp3) is 0.200. The SMILES string of the molecule is C[C@@H](N)c1ccccc1OCc1ccc(I)cc1. The van der Waals surface area contributed by atoms with Crippen LogP contribution in [0.25, 0.3) is 0 Å². The molecule has 0 spiro atoms. The molecule has 2 nitrogen and oxygen atoms in total. The van der Waals surface area contributed by atoms with Crippen molar-refractivity contribution in [1.82, 2.24) is 0 Å². The van der Waals surface area contributed by atoms with E-state index >= 15 is 0 Å². The van der Waals surface area contributed by atoms with Crippen LogP contribution >= 0.6 is 22.6 Å². The lowest BCUT2D eigenvalue weighted by Gasteiger charge is -2.13. The topological polar surface area (TPSA) is 35.2 Å². The molecule has 0 aliphatic carbocycles. The molecule has 2 aromatic carbocycles. The molecular weight excluding hydrogens is 337 g/mol. The van der Waals surface area contributed by atoms with Gasteiger partial charge in [0, 0.05) is 15.2 Å². The molecule has 3 heteroatoms. The first kappa shape index (κ1) is 13.4. The molecule has 0 radical (unpaired) electrons. The zero-order chi connectivity index (χ0) is 13.0. The maximum atomic E-state index is 5.92. The summed E-state index contributed by atoms with van der Waals surface area (Å²) >= 11 is 2.29. The molecule has 2 rings (SSSR count). The Kier molecular flexibility index (Phi) is 4.60. The Morgan fingerprint density at radius 3 is 2.44 bits per heavy atom. The molecular formula is C15H16INO. The average molecular weight is 353 g/mol. The van der Waals surface area contributed by atoms with Gasteiger partial charge in [-0.15, -0.1) is 0 Å². The van der Waals surface area contributed by atoms with Crippen molar-refractivity contribution < 1.29 is 4.74 Å². The first-order chi connectivity index (χ1) is 8.66. The summed E-state index contributed by atoms with van der Waals surface area (Å²) in [4.78, 5) is 0. The van der Waals surface area contributed by atoms with Crippen LogP contribution in [0.5, 0.6) is 5.75 Å². The second-order valence-corrected chi connectivity index (χ2v) is 5.49. The Morgan fingerprint density at radius 2 is 1.78 bits per heavy atom. The van der Waals surface area contributed by atoms with E-state index in [1.165, 1.54) is 3.57 Å². The monoisotopic (exact) mass is 353 g/mol. The van der Waals surface area contributed by atoms with Crippen molar-refractivity contribution in [2.45, 2.75) is 19.6 Å². The lowest BCUT2D eigenvalue weighted by Crippen LogP contribution is -2.07. The van der Waals surface area contributed by atoms with Crippen LogP contribution in [-0.2, 0) is 6.61 Å². The van der Waals surface area contributed by atoms with E-state index in [2.05, 4.69) is 46.9 Å². The standard InChI is InChI=1S/C15H16INO/c1-11(17)14-4-2-3-5-15(14)18-10-12-6-8-13(16)9-7-12/h2-9,11H,10,17H2,1H3/t11-/m1/s1. The summed E-state index contributed by atoms with van der Waals surface area (Å²) in [5, 5.41) is 0. The van der Waals surface area contributed by atoms with Crippen LogP contribution in [0, 0.1) is 3.57 Å². The Balaban J connectivity index is 2.08. The van der Waals surface area contributed by atoms with E-state index in [4.69, 9.17) is 10.5 Å². The fourth-order valence-corrected chi connectivity index (χ4v) is 2.09. The third-order valence-corrected chi connectivity index (χ3v) is 3.44.